The van der Waals surface area contributed by atoms with Crippen LogP contribution in [-0.4, -0.2) is 38.6 Å². The lowest BCUT2D eigenvalue weighted by Crippen LogP contribution is -2.11. The summed E-state index contributed by atoms with van der Waals surface area (Å²) in [4.78, 5) is 11.3. The summed E-state index contributed by atoms with van der Waals surface area (Å²) < 4.78 is 1.87. The second kappa shape index (κ2) is 6.14. The number of pyridine rings is 2. The van der Waals surface area contributed by atoms with Crippen molar-refractivity contribution in [2.45, 2.75) is 6.54 Å². The number of aromatic nitrogens is 4. The SMILES string of the molecule is CN(C)Cc1cc(-c2csc(-c3cnn4ccccc34)n2)ccn1. The van der Waals surface area contributed by atoms with E-state index in [0.29, 0.717) is 0 Å². The van der Waals surface area contributed by atoms with Crippen molar-refractivity contribution in [3.8, 4) is 21.8 Å². The zero-order valence-corrected chi connectivity index (χ0v) is 14.4. The molecule has 120 valence electrons. The monoisotopic (exact) mass is 335 g/mol. The van der Waals surface area contributed by atoms with Crippen LogP contribution in [0, 0.1) is 0 Å². The van der Waals surface area contributed by atoms with E-state index in [0.717, 1.165) is 39.6 Å². The fourth-order valence-electron chi connectivity index (χ4n) is 2.68. The zero-order valence-electron chi connectivity index (χ0n) is 13.5. The predicted molar refractivity (Wildman–Crippen MR) is 96.9 cm³/mol. The molecule has 5 nitrogen and oxygen atoms in total. The molecule has 0 radical (unpaired) electrons. The third kappa shape index (κ3) is 2.81. The molecule has 0 bridgehead atoms. The maximum atomic E-state index is 4.82. The van der Waals surface area contributed by atoms with Crippen molar-refractivity contribution >= 4 is 16.9 Å². The lowest BCUT2D eigenvalue weighted by molar-refractivity contribution is 0.397. The Balaban J connectivity index is 1.70. The second-order valence-electron chi connectivity index (χ2n) is 5.90. The summed E-state index contributed by atoms with van der Waals surface area (Å²) in [6.45, 7) is 0.818. The quantitative estimate of drug-likeness (QED) is 0.572. The second-order valence-corrected chi connectivity index (χ2v) is 6.76. The molecule has 6 heteroatoms. The van der Waals surface area contributed by atoms with Gasteiger partial charge in [-0.25, -0.2) is 9.50 Å². The topological polar surface area (TPSA) is 46.3 Å². The van der Waals surface area contributed by atoms with Gasteiger partial charge in [0.05, 0.1) is 28.7 Å². The maximum absolute atomic E-state index is 4.82. The molecule has 0 fully saturated rings. The van der Waals surface area contributed by atoms with Gasteiger partial charge in [-0.3, -0.25) is 4.98 Å². The van der Waals surface area contributed by atoms with Gasteiger partial charge in [0.15, 0.2) is 0 Å². The Morgan fingerprint density at radius 3 is 3.00 bits per heavy atom. The summed E-state index contributed by atoms with van der Waals surface area (Å²) in [6.07, 6.45) is 5.67. The van der Waals surface area contributed by atoms with Crippen LogP contribution in [0.3, 0.4) is 0 Å². The van der Waals surface area contributed by atoms with Crippen LogP contribution in [0.5, 0.6) is 0 Å². The molecule has 0 aromatic carbocycles. The van der Waals surface area contributed by atoms with E-state index in [4.69, 9.17) is 4.98 Å². The molecule has 0 aliphatic carbocycles. The van der Waals surface area contributed by atoms with Crippen LogP contribution in [-0.2, 0) is 6.54 Å². The van der Waals surface area contributed by atoms with E-state index in [1.807, 2.05) is 55.4 Å². The Hall–Kier alpha value is -2.57. The van der Waals surface area contributed by atoms with Crippen molar-refractivity contribution in [3.05, 3.63) is 60.0 Å². The molecule has 24 heavy (non-hydrogen) atoms. The molecule has 4 heterocycles. The van der Waals surface area contributed by atoms with Gasteiger partial charge in [-0.15, -0.1) is 11.3 Å². The molecule has 0 atom stereocenters. The molecule has 0 amide bonds. The summed E-state index contributed by atoms with van der Waals surface area (Å²) in [5, 5.41) is 7.47. The van der Waals surface area contributed by atoms with E-state index in [1.54, 1.807) is 11.3 Å². The highest BCUT2D eigenvalue weighted by atomic mass is 32.1. The highest BCUT2D eigenvalue weighted by Gasteiger charge is 2.12. The average Bonchev–Trinajstić information content (AvgIpc) is 3.21. The van der Waals surface area contributed by atoms with E-state index in [1.165, 1.54) is 0 Å². The fourth-order valence-corrected chi connectivity index (χ4v) is 3.52. The molecule has 0 saturated carbocycles. The van der Waals surface area contributed by atoms with Crippen LogP contribution in [0.2, 0.25) is 0 Å². The van der Waals surface area contributed by atoms with E-state index < -0.39 is 0 Å². The molecule has 0 spiro atoms. The number of rotatable bonds is 4. The van der Waals surface area contributed by atoms with Crippen LogP contribution in [0.4, 0.5) is 0 Å². The van der Waals surface area contributed by atoms with Gasteiger partial charge >= 0.3 is 0 Å². The summed E-state index contributed by atoms with van der Waals surface area (Å²) in [6, 6.07) is 10.2. The third-order valence-corrected chi connectivity index (χ3v) is 4.63. The zero-order chi connectivity index (χ0) is 16.5. The van der Waals surface area contributed by atoms with E-state index in [9.17, 15) is 0 Å². The standard InChI is InChI=1S/C18H17N5S/c1-22(2)11-14-9-13(6-7-19-14)16-12-24-18(21-16)15-10-20-23-8-4-3-5-17(15)23/h3-10,12H,11H2,1-2H3. The Labute approximate surface area is 144 Å². The van der Waals surface area contributed by atoms with Crippen molar-refractivity contribution < 1.29 is 0 Å². The van der Waals surface area contributed by atoms with Gasteiger partial charge < -0.3 is 4.90 Å². The minimum atomic E-state index is 0.818. The van der Waals surface area contributed by atoms with Crippen LogP contribution in [0.1, 0.15) is 5.69 Å². The van der Waals surface area contributed by atoms with Crippen molar-refractivity contribution in [2.75, 3.05) is 14.1 Å². The Morgan fingerprint density at radius 2 is 2.12 bits per heavy atom. The van der Waals surface area contributed by atoms with Crippen molar-refractivity contribution in [3.63, 3.8) is 0 Å². The van der Waals surface area contributed by atoms with Gasteiger partial charge in [-0.05, 0) is 38.4 Å². The van der Waals surface area contributed by atoms with E-state index >= 15 is 0 Å². The number of thiazole rings is 1. The fraction of sp³-hybridized carbons (Fsp3) is 0.167. The number of nitrogens with zero attached hydrogens (tertiary/aromatic N) is 5. The Bertz CT molecular complexity index is 986. The molecule has 4 aromatic heterocycles. The first-order valence-electron chi connectivity index (χ1n) is 7.69. The van der Waals surface area contributed by atoms with Crippen LogP contribution in [0.15, 0.2) is 54.3 Å². The first kappa shape index (κ1) is 15.0. The van der Waals surface area contributed by atoms with E-state index in [-0.39, 0.29) is 0 Å². The van der Waals surface area contributed by atoms with Crippen LogP contribution >= 0.6 is 11.3 Å². The molecular formula is C18H17N5S. The highest BCUT2D eigenvalue weighted by molar-refractivity contribution is 7.13. The molecular weight excluding hydrogens is 318 g/mol. The number of hydrogen-bond acceptors (Lipinski definition) is 5. The van der Waals surface area contributed by atoms with Gasteiger partial charge in [0, 0.05) is 29.9 Å². The molecule has 0 aliphatic heterocycles. The van der Waals surface area contributed by atoms with Gasteiger partial charge in [0.1, 0.15) is 5.01 Å². The van der Waals surface area contributed by atoms with Crippen LogP contribution in [0.25, 0.3) is 27.3 Å². The number of fused-ring (bicyclic) bond motifs is 1. The largest absolute Gasteiger partial charge is 0.304 e. The lowest BCUT2D eigenvalue weighted by Gasteiger charge is -2.09. The van der Waals surface area contributed by atoms with Gasteiger partial charge in [-0.2, -0.15) is 5.10 Å². The summed E-state index contributed by atoms with van der Waals surface area (Å²) in [5.74, 6) is 0. The minimum absolute atomic E-state index is 0.818. The normalized spacial score (nSPS) is 11.5. The van der Waals surface area contributed by atoms with Gasteiger partial charge in [-0.1, -0.05) is 6.07 Å². The molecule has 0 aliphatic rings. The van der Waals surface area contributed by atoms with Gasteiger partial charge in [0.2, 0.25) is 0 Å². The summed E-state index contributed by atoms with van der Waals surface area (Å²) in [7, 11) is 4.08. The van der Waals surface area contributed by atoms with Crippen LogP contribution < -0.4 is 0 Å². The molecule has 4 aromatic rings. The first-order chi connectivity index (χ1) is 11.7. The van der Waals surface area contributed by atoms with Crippen molar-refractivity contribution in [1.82, 2.24) is 24.5 Å². The maximum Gasteiger partial charge on any atom is 0.127 e. The smallest absolute Gasteiger partial charge is 0.127 e. The van der Waals surface area contributed by atoms with E-state index in [2.05, 4.69) is 32.5 Å². The Kier molecular flexibility index (Phi) is 3.84. The highest BCUT2D eigenvalue weighted by Crippen LogP contribution is 2.31. The Morgan fingerprint density at radius 1 is 1.21 bits per heavy atom. The summed E-state index contributed by atoms with van der Waals surface area (Å²) in [5.41, 5.74) is 5.26. The molecule has 0 unspecified atom stereocenters. The lowest BCUT2D eigenvalue weighted by atomic mass is 10.2. The third-order valence-electron chi connectivity index (χ3n) is 3.75. The molecule has 0 N–H and O–H groups in total. The summed E-state index contributed by atoms with van der Waals surface area (Å²) >= 11 is 1.64. The first-order valence-corrected chi connectivity index (χ1v) is 8.57. The van der Waals surface area contributed by atoms with Gasteiger partial charge in [0.25, 0.3) is 0 Å². The predicted octanol–water partition coefficient (Wildman–Crippen LogP) is 3.58. The molecule has 0 saturated heterocycles. The molecule has 4 rings (SSSR count). The number of hydrogen-bond donors (Lipinski definition) is 0. The van der Waals surface area contributed by atoms with Crippen molar-refractivity contribution in [2.24, 2.45) is 0 Å². The minimum Gasteiger partial charge on any atom is -0.304 e. The average molecular weight is 335 g/mol. The van der Waals surface area contributed by atoms with Crippen molar-refractivity contribution in [1.29, 1.82) is 0 Å².